The van der Waals surface area contributed by atoms with Gasteiger partial charge in [0.15, 0.2) is 0 Å². The van der Waals surface area contributed by atoms with Gasteiger partial charge in [0.05, 0.1) is 0 Å². The maximum absolute atomic E-state index is 13.0. The van der Waals surface area contributed by atoms with Gasteiger partial charge in [-0.1, -0.05) is 0 Å². The number of carbonyl (C=O) groups excluding carboxylic acids is 2. The molecule has 4 rings (SSSR count). The first-order valence-electron chi connectivity index (χ1n) is 9.25. The van der Waals surface area contributed by atoms with Crippen LogP contribution in [-0.2, 0) is 4.79 Å². The van der Waals surface area contributed by atoms with Gasteiger partial charge < -0.3 is 15.5 Å². The summed E-state index contributed by atoms with van der Waals surface area (Å²) in [6, 6.07) is 6.23. The van der Waals surface area contributed by atoms with E-state index >= 15 is 0 Å². The van der Waals surface area contributed by atoms with Crippen LogP contribution in [0.2, 0.25) is 0 Å². The molecule has 3 aliphatic rings. The van der Waals surface area contributed by atoms with Crippen LogP contribution < -0.4 is 10.6 Å². The monoisotopic (exact) mass is 345 g/mol. The van der Waals surface area contributed by atoms with Gasteiger partial charge >= 0.3 is 6.03 Å². The quantitative estimate of drug-likeness (QED) is 0.883. The Balaban J connectivity index is 1.40. The number of benzene rings is 1. The van der Waals surface area contributed by atoms with Gasteiger partial charge in [0.25, 0.3) is 0 Å². The van der Waals surface area contributed by atoms with E-state index in [1.807, 2.05) is 4.90 Å². The molecule has 0 spiro atoms. The molecule has 1 saturated carbocycles. The van der Waals surface area contributed by atoms with E-state index in [0.717, 1.165) is 44.9 Å². The SMILES string of the molecule is O=C(NC1CC2CCCC(C1)N2C(=O)Nc1ccc(F)cc1)C1CC1. The zero-order valence-electron chi connectivity index (χ0n) is 14.2. The van der Waals surface area contributed by atoms with Gasteiger partial charge in [-0.3, -0.25) is 4.79 Å². The summed E-state index contributed by atoms with van der Waals surface area (Å²) in [4.78, 5) is 26.7. The van der Waals surface area contributed by atoms with Crippen LogP contribution in [0.4, 0.5) is 14.9 Å². The van der Waals surface area contributed by atoms with Gasteiger partial charge in [-0.25, -0.2) is 9.18 Å². The standard InChI is InChI=1S/C19H24FN3O2/c20-13-6-8-14(9-7-13)22-19(25)23-16-2-1-3-17(23)11-15(10-16)21-18(24)12-4-5-12/h6-9,12,15-17H,1-5,10-11H2,(H,21,24)(H,22,25). The molecule has 2 N–H and O–H groups in total. The lowest BCUT2D eigenvalue weighted by molar-refractivity contribution is -0.123. The molecule has 3 amide bonds. The number of fused-ring (bicyclic) bond motifs is 2. The summed E-state index contributed by atoms with van der Waals surface area (Å²) in [6.45, 7) is 0. The van der Waals surface area contributed by atoms with E-state index in [-0.39, 0.29) is 41.8 Å². The first-order chi connectivity index (χ1) is 12.1. The summed E-state index contributed by atoms with van der Waals surface area (Å²) in [7, 11) is 0. The lowest BCUT2D eigenvalue weighted by Crippen LogP contribution is -2.59. The Hall–Kier alpha value is -2.11. The Labute approximate surface area is 147 Å². The van der Waals surface area contributed by atoms with Crippen molar-refractivity contribution in [1.29, 1.82) is 0 Å². The fraction of sp³-hybridized carbons (Fsp3) is 0.579. The molecule has 2 aliphatic heterocycles. The van der Waals surface area contributed by atoms with Gasteiger partial charge in [0.2, 0.25) is 5.91 Å². The summed E-state index contributed by atoms with van der Waals surface area (Å²) >= 11 is 0. The maximum atomic E-state index is 13.0. The molecule has 1 aromatic rings. The lowest BCUT2D eigenvalue weighted by Gasteiger charge is -2.48. The molecule has 2 saturated heterocycles. The minimum absolute atomic E-state index is 0.117. The van der Waals surface area contributed by atoms with Crippen molar-refractivity contribution >= 4 is 17.6 Å². The highest BCUT2D eigenvalue weighted by Gasteiger charge is 2.42. The molecule has 25 heavy (non-hydrogen) atoms. The second-order valence-electron chi connectivity index (χ2n) is 7.53. The van der Waals surface area contributed by atoms with Gasteiger partial charge in [0.1, 0.15) is 5.82 Å². The van der Waals surface area contributed by atoms with Crippen LogP contribution in [-0.4, -0.2) is 35.0 Å². The van der Waals surface area contributed by atoms with Crippen LogP contribution in [0.3, 0.4) is 0 Å². The van der Waals surface area contributed by atoms with Crippen LogP contribution in [0.25, 0.3) is 0 Å². The molecule has 2 atom stereocenters. The third-order valence-electron chi connectivity index (χ3n) is 5.60. The summed E-state index contributed by atoms with van der Waals surface area (Å²) in [5.41, 5.74) is 0.605. The van der Waals surface area contributed by atoms with E-state index < -0.39 is 0 Å². The third-order valence-corrected chi connectivity index (χ3v) is 5.60. The molecule has 0 aromatic heterocycles. The average Bonchev–Trinajstić information content (AvgIpc) is 3.41. The van der Waals surface area contributed by atoms with Crippen molar-refractivity contribution in [1.82, 2.24) is 10.2 Å². The van der Waals surface area contributed by atoms with Crippen molar-refractivity contribution < 1.29 is 14.0 Å². The minimum Gasteiger partial charge on any atom is -0.353 e. The highest BCUT2D eigenvalue weighted by Crippen LogP contribution is 2.35. The third kappa shape index (κ3) is 3.62. The fourth-order valence-corrected chi connectivity index (χ4v) is 4.22. The van der Waals surface area contributed by atoms with Gasteiger partial charge in [-0.15, -0.1) is 0 Å². The van der Waals surface area contributed by atoms with Crippen LogP contribution in [0, 0.1) is 11.7 Å². The van der Waals surface area contributed by atoms with E-state index in [1.165, 1.54) is 12.1 Å². The second kappa shape index (κ2) is 6.65. The number of halogens is 1. The fourth-order valence-electron chi connectivity index (χ4n) is 4.22. The van der Waals surface area contributed by atoms with Crippen LogP contribution in [0.15, 0.2) is 24.3 Å². The van der Waals surface area contributed by atoms with E-state index in [4.69, 9.17) is 0 Å². The molecule has 3 fully saturated rings. The van der Waals surface area contributed by atoms with E-state index in [2.05, 4.69) is 10.6 Å². The van der Waals surface area contributed by atoms with Crippen molar-refractivity contribution in [2.24, 2.45) is 5.92 Å². The number of rotatable bonds is 3. The van der Waals surface area contributed by atoms with Crippen LogP contribution in [0.5, 0.6) is 0 Å². The van der Waals surface area contributed by atoms with Crippen molar-refractivity contribution in [3.8, 4) is 0 Å². The van der Waals surface area contributed by atoms with E-state index in [0.29, 0.717) is 5.69 Å². The number of carbonyl (C=O) groups is 2. The topological polar surface area (TPSA) is 61.4 Å². The number of anilines is 1. The van der Waals surface area contributed by atoms with Crippen molar-refractivity contribution in [2.75, 3.05) is 5.32 Å². The number of nitrogens with zero attached hydrogens (tertiary/aromatic N) is 1. The second-order valence-corrected chi connectivity index (χ2v) is 7.53. The number of urea groups is 1. The number of hydrogen-bond donors (Lipinski definition) is 2. The first kappa shape index (κ1) is 16.4. The molecule has 6 heteroatoms. The van der Waals surface area contributed by atoms with Gasteiger partial charge in [-0.05, 0) is 69.2 Å². The zero-order chi connectivity index (χ0) is 17.4. The molecule has 0 radical (unpaired) electrons. The molecule has 1 aromatic carbocycles. The average molecular weight is 345 g/mol. The highest BCUT2D eigenvalue weighted by atomic mass is 19.1. The summed E-state index contributed by atoms with van der Waals surface area (Å²) in [5, 5.41) is 6.07. The van der Waals surface area contributed by atoms with Crippen molar-refractivity contribution in [3.63, 3.8) is 0 Å². The van der Waals surface area contributed by atoms with E-state index in [9.17, 15) is 14.0 Å². The smallest absolute Gasteiger partial charge is 0.322 e. The Morgan fingerprint density at radius 1 is 1.00 bits per heavy atom. The predicted octanol–water partition coefficient (Wildman–Crippen LogP) is 3.27. The highest BCUT2D eigenvalue weighted by molar-refractivity contribution is 5.90. The molecular formula is C19H24FN3O2. The Kier molecular flexibility index (Phi) is 4.36. The molecule has 2 heterocycles. The van der Waals surface area contributed by atoms with Crippen LogP contribution in [0.1, 0.15) is 44.9 Å². The summed E-state index contributed by atoms with van der Waals surface area (Å²) < 4.78 is 13.0. The Morgan fingerprint density at radius 2 is 1.64 bits per heavy atom. The molecule has 5 nitrogen and oxygen atoms in total. The molecule has 2 bridgehead atoms. The molecule has 134 valence electrons. The molecular weight excluding hydrogens is 321 g/mol. The van der Waals surface area contributed by atoms with Crippen molar-refractivity contribution in [3.05, 3.63) is 30.1 Å². The van der Waals surface area contributed by atoms with Gasteiger partial charge in [0, 0.05) is 29.7 Å². The lowest BCUT2D eigenvalue weighted by atomic mass is 9.82. The number of piperidine rings is 2. The number of hydrogen-bond acceptors (Lipinski definition) is 2. The first-order valence-corrected chi connectivity index (χ1v) is 9.25. The summed E-state index contributed by atoms with van der Waals surface area (Å²) in [6.07, 6.45) is 6.75. The maximum Gasteiger partial charge on any atom is 0.322 e. The Bertz CT molecular complexity index is 645. The zero-order valence-corrected chi connectivity index (χ0v) is 14.2. The number of nitrogens with one attached hydrogen (secondary N) is 2. The Morgan fingerprint density at radius 3 is 2.24 bits per heavy atom. The van der Waals surface area contributed by atoms with Crippen molar-refractivity contribution in [2.45, 2.75) is 63.1 Å². The molecule has 1 aliphatic carbocycles. The largest absolute Gasteiger partial charge is 0.353 e. The van der Waals surface area contributed by atoms with Gasteiger partial charge in [-0.2, -0.15) is 0 Å². The summed E-state index contributed by atoms with van der Waals surface area (Å²) in [5.74, 6) is 0.0917. The predicted molar refractivity (Wildman–Crippen MR) is 92.6 cm³/mol. The van der Waals surface area contributed by atoms with Crippen LogP contribution >= 0.6 is 0 Å². The van der Waals surface area contributed by atoms with E-state index in [1.54, 1.807) is 12.1 Å². The normalized spacial score (nSPS) is 28.4. The number of amides is 3. The molecule has 2 unspecified atom stereocenters. The minimum atomic E-state index is -0.318.